The van der Waals surface area contributed by atoms with Gasteiger partial charge in [0.1, 0.15) is 5.75 Å². The van der Waals surface area contributed by atoms with E-state index in [9.17, 15) is 13.5 Å². The van der Waals surface area contributed by atoms with Crippen LogP contribution in [0, 0.1) is 0 Å². The first kappa shape index (κ1) is 11.0. The third kappa shape index (κ3) is 1.83. The molecule has 4 nitrogen and oxygen atoms in total. The molecule has 1 aromatic rings. The number of piperidine rings is 1. The van der Waals surface area contributed by atoms with Crippen LogP contribution in [0.5, 0.6) is 5.75 Å². The van der Waals surface area contributed by atoms with Gasteiger partial charge in [-0.2, -0.15) is 0 Å². The van der Waals surface area contributed by atoms with Gasteiger partial charge in [-0.25, -0.2) is 8.42 Å². The standard InChI is InChI=1S/C12H15NO3S/c14-10-3-1-9(2-4-10)6-13-7-11-5-12(8-13)17(11,15)16/h1-4,11-12,14H,5-8H2. The first-order chi connectivity index (χ1) is 8.05. The molecule has 0 saturated carbocycles. The van der Waals surface area contributed by atoms with E-state index in [-0.39, 0.29) is 16.2 Å². The number of benzene rings is 1. The SMILES string of the molecule is O=S1(=O)C2CC1CN(Cc1ccc(O)cc1)C2. The van der Waals surface area contributed by atoms with Gasteiger partial charge in [-0.15, -0.1) is 0 Å². The van der Waals surface area contributed by atoms with Crippen LogP contribution in [-0.2, 0) is 16.4 Å². The molecule has 5 heteroatoms. The number of fused-ring (bicyclic) bond motifs is 2. The molecule has 2 unspecified atom stereocenters. The quantitative estimate of drug-likeness (QED) is 0.845. The van der Waals surface area contributed by atoms with Crippen molar-refractivity contribution >= 4 is 9.84 Å². The second kappa shape index (κ2) is 3.71. The smallest absolute Gasteiger partial charge is 0.158 e. The molecule has 0 radical (unpaired) electrons. The lowest BCUT2D eigenvalue weighted by Gasteiger charge is -2.46. The van der Waals surface area contributed by atoms with E-state index in [0.717, 1.165) is 18.5 Å². The summed E-state index contributed by atoms with van der Waals surface area (Å²) in [5.41, 5.74) is 1.11. The summed E-state index contributed by atoms with van der Waals surface area (Å²) < 4.78 is 23.2. The van der Waals surface area contributed by atoms with E-state index in [1.807, 2.05) is 12.1 Å². The zero-order chi connectivity index (χ0) is 12.0. The molecular weight excluding hydrogens is 238 g/mol. The zero-order valence-electron chi connectivity index (χ0n) is 9.41. The third-order valence-electron chi connectivity index (χ3n) is 3.72. The third-order valence-corrected chi connectivity index (χ3v) is 6.26. The van der Waals surface area contributed by atoms with Gasteiger partial charge in [0.05, 0.1) is 10.5 Å². The maximum atomic E-state index is 11.6. The van der Waals surface area contributed by atoms with Crippen molar-refractivity contribution in [3.8, 4) is 5.75 Å². The Labute approximate surface area is 101 Å². The fourth-order valence-corrected chi connectivity index (χ4v) is 4.73. The van der Waals surface area contributed by atoms with Gasteiger partial charge in [0.2, 0.25) is 0 Å². The average molecular weight is 253 g/mol. The Balaban J connectivity index is 1.67. The van der Waals surface area contributed by atoms with Crippen molar-refractivity contribution in [2.75, 3.05) is 13.1 Å². The van der Waals surface area contributed by atoms with Gasteiger partial charge in [0, 0.05) is 19.6 Å². The Kier molecular flexibility index (Phi) is 2.41. The van der Waals surface area contributed by atoms with Crippen molar-refractivity contribution in [2.45, 2.75) is 23.5 Å². The highest BCUT2D eigenvalue weighted by Gasteiger charge is 2.51. The predicted octanol–water partition coefficient (Wildman–Crippen LogP) is 0.763. The number of phenols is 1. The summed E-state index contributed by atoms with van der Waals surface area (Å²) in [4.78, 5) is 2.19. The van der Waals surface area contributed by atoms with E-state index in [1.165, 1.54) is 0 Å². The fraction of sp³-hybridized carbons (Fsp3) is 0.500. The van der Waals surface area contributed by atoms with Crippen molar-refractivity contribution in [3.05, 3.63) is 29.8 Å². The summed E-state index contributed by atoms with van der Waals surface area (Å²) in [6.07, 6.45) is 0.842. The lowest BCUT2D eigenvalue weighted by atomic mass is 10.1. The number of rotatable bonds is 2. The topological polar surface area (TPSA) is 57.6 Å². The second-order valence-electron chi connectivity index (χ2n) is 4.93. The van der Waals surface area contributed by atoms with Gasteiger partial charge in [-0.3, -0.25) is 4.90 Å². The summed E-state index contributed by atoms with van der Waals surface area (Å²) >= 11 is 0. The minimum Gasteiger partial charge on any atom is -0.508 e. The minimum atomic E-state index is -2.78. The van der Waals surface area contributed by atoms with Crippen LogP contribution in [0.2, 0.25) is 0 Å². The number of hydrogen-bond donors (Lipinski definition) is 1. The molecule has 0 spiro atoms. The van der Waals surface area contributed by atoms with Gasteiger partial charge >= 0.3 is 0 Å². The lowest BCUT2D eigenvalue weighted by molar-refractivity contribution is 0.201. The lowest BCUT2D eigenvalue weighted by Crippen LogP contribution is -2.61. The summed E-state index contributed by atoms with van der Waals surface area (Å²) in [6, 6.07) is 7.08. The van der Waals surface area contributed by atoms with Crippen LogP contribution in [0.3, 0.4) is 0 Å². The second-order valence-corrected chi connectivity index (χ2v) is 7.44. The van der Waals surface area contributed by atoms with Gasteiger partial charge < -0.3 is 5.11 Å². The van der Waals surface area contributed by atoms with E-state index in [0.29, 0.717) is 13.1 Å². The monoisotopic (exact) mass is 253 g/mol. The first-order valence-corrected chi connectivity index (χ1v) is 7.39. The van der Waals surface area contributed by atoms with Crippen LogP contribution in [0.1, 0.15) is 12.0 Å². The van der Waals surface area contributed by atoms with Crippen LogP contribution in [0.4, 0.5) is 0 Å². The molecule has 3 saturated heterocycles. The van der Waals surface area contributed by atoms with Crippen LogP contribution < -0.4 is 0 Å². The van der Waals surface area contributed by atoms with E-state index in [1.54, 1.807) is 12.1 Å². The molecule has 2 bridgehead atoms. The Morgan fingerprint density at radius 3 is 2.29 bits per heavy atom. The molecule has 3 aliphatic heterocycles. The minimum absolute atomic E-state index is 0.140. The van der Waals surface area contributed by atoms with Gasteiger partial charge in [0.15, 0.2) is 9.84 Å². The molecule has 1 aromatic carbocycles. The van der Waals surface area contributed by atoms with Crippen LogP contribution >= 0.6 is 0 Å². The molecule has 0 aromatic heterocycles. The van der Waals surface area contributed by atoms with Gasteiger partial charge in [-0.05, 0) is 24.1 Å². The normalized spacial score (nSPS) is 30.8. The molecule has 4 rings (SSSR count). The molecule has 0 amide bonds. The number of aromatic hydroxyl groups is 1. The maximum absolute atomic E-state index is 11.6. The fourth-order valence-electron chi connectivity index (χ4n) is 2.71. The highest BCUT2D eigenvalue weighted by Crippen LogP contribution is 2.35. The first-order valence-electron chi connectivity index (χ1n) is 5.78. The van der Waals surface area contributed by atoms with E-state index >= 15 is 0 Å². The molecule has 1 N–H and O–H groups in total. The molecule has 92 valence electrons. The number of phenolic OH excluding ortho intramolecular Hbond substituents is 1. The van der Waals surface area contributed by atoms with E-state index in [4.69, 9.17) is 0 Å². The molecule has 3 heterocycles. The maximum Gasteiger partial charge on any atom is 0.158 e. The molecular formula is C12H15NO3S. The summed E-state index contributed by atoms with van der Waals surface area (Å²) in [6.45, 7) is 2.07. The van der Waals surface area contributed by atoms with Crippen molar-refractivity contribution < 1.29 is 13.5 Å². The Hall–Kier alpha value is -1.07. The van der Waals surface area contributed by atoms with Crippen molar-refractivity contribution in [1.29, 1.82) is 0 Å². The highest BCUT2D eigenvalue weighted by atomic mass is 32.2. The number of sulfone groups is 1. The van der Waals surface area contributed by atoms with E-state index < -0.39 is 9.84 Å². The molecule has 3 aliphatic rings. The Morgan fingerprint density at radius 2 is 1.76 bits per heavy atom. The summed E-state index contributed by atoms with van der Waals surface area (Å²) in [5, 5.41) is 8.91. The molecule has 0 aliphatic carbocycles. The zero-order valence-corrected chi connectivity index (χ0v) is 10.2. The van der Waals surface area contributed by atoms with Crippen molar-refractivity contribution in [3.63, 3.8) is 0 Å². The highest BCUT2D eigenvalue weighted by molar-refractivity contribution is 7.94. The van der Waals surface area contributed by atoms with Gasteiger partial charge in [0.25, 0.3) is 0 Å². The average Bonchev–Trinajstić information content (AvgIpc) is 2.32. The van der Waals surface area contributed by atoms with Crippen molar-refractivity contribution in [1.82, 2.24) is 4.90 Å². The van der Waals surface area contributed by atoms with Crippen molar-refractivity contribution in [2.24, 2.45) is 0 Å². The number of hydrogen-bond acceptors (Lipinski definition) is 4. The summed E-state index contributed by atoms with van der Waals surface area (Å²) in [7, 11) is -2.78. The predicted molar refractivity (Wildman–Crippen MR) is 64.5 cm³/mol. The van der Waals surface area contributed by atoms with Crippen LogP contribution in [0.25, 0.3) is 0 Å². The molecule has 3 fully saturated rings. The molecule has 2 atom stereocenters. The Bertz CT molecular complexity index is 505. The van der Waals surface area contributed by atoms with E-state index in [2.05, 4.69) is 4.90 Å². The molecule has 17 heavy (non-hydrogen) atoms. The summed E-state index contributed by atoms with van der Waals surface area (Å²) in [5.74, 6) is 0.262. The van der Waals surface area contributed by atoms with Crippen LogP contribution in [0.15, 0.2) is 24.3 Å². The Morgan fingerprint density at radius 1 is 1.18 bits per heavy atom. The largest absolute Gasteiger partial charge is 0.508 e. The van der Waals surface area contributed by atoms with Crippen LogP contribution in [-0.4, -0.2) is 42.0 Å². The number of nitrogens with zero attached hydrogens (tertiary/aromatic N) is 1. The van der Waals surface area contributed by atoms with Gasteiger partial charge in [-0.1, -0.05) is 12.1 Å².